The van der Waals surface area contributed by atoms with Crippen molar-refractivity contribution < 1.29 is 68.5 Å². The number of nitrogens with zero attached hydrogens (tertiary/aromatic N) is 5. The highest BCUT2D eigenvalue weighted by molar-refractivity contribution is 7.99. The van der Waals surface area contributed by atoms with Crippen molar-refractivity contribution in [3.8, 4) is 10.4 Å². The normalized spacial score (nSPS) is 17.8. The number of hydrogen-bond acceptors (Lipinski definition) is 19. The molecule has 5 atom stereocenters. The first-order chi connectivity index (χ1) is 49.2. The van der Waals surface area contributed by atoms with E-state index in [1.165, 1.54) is 45.5 Å². The molecule has 2 aliphatic heterocycles. The van der Waals surface area contributed by atoms with Gasteiger partial charge in [-0.15, -0.1) is 23.1 Å². The number of aliphatic hydroxyl groups is 1. The van der Waals surface area contributed by atoms with Crippen LogP contribution >= 0.6 is 34.7 Å². The number of sulfonamides is 1. The number of hydrogen-bond donors (Lipinski definition) is 5. The Labute approximate surface area is 622 Å². The van der Waals surface area contributed by atoms with Crippen LogP contribution in [0, 0.1) is 17.8 Å². The molecular weight excluding hydrogens is 1440 g/mol. The summed E-state index contributed by atoms with van der Waals surface area (Å²) >= 11 is 9.15. The molecule has 0 bridgehead atoms. The minimum atomic E-state index is -6.17. The number of nitrogens with one attached hydrogen (secondary N) is 4. The molecule has 5 unspecified atom stereocenters. The highest BCUT2D eigenvalue weighted by atomic mass is 35.5. The van der Waals surface area contributed by atoms with E-state index < -0.39 is 100 Å². The molecule has 9 rings (SSSR count). The topological polar surface area (TPSA) is 258 Å². The van der Waals surface area contributed by atoms with E-state index in [-0.39, 0.29) is 75.8 Å². The molecule has 0 saturated carbocycles. The van der Waals surface area contributed by atoms with Crippen LogP contribution in [-0.2, 0) is 48.5 Å². The highest BCUT2D eigenvalue weighted by Gasteiger charge is 2.49. The number of β-amino-alcohol motifs (C(OH)–C–C–N with tert-alkyl or cyclic N) is 1. The predicted octanol–water partition coefficient (Wildman–Crippen LogP) is 11.3. The van der Waals surface area contributed by atoms with Gasteiger partial charge in [-0.1, -0.05) is 106 Å². The smallest absolute Gasteiger partial charge is 0.391 e. The molecule has 3 aliphatic rings. The second-order valence-electron chi connectivity index (χ2n) is 28.5. The molecule has 1 aliphatic carbocycles. The number of halogens is 4. The molecule has 0 spiro atoms. The van der Waals surface area contributed by atoms with Crippen molar-refractivity contribution in [2.45, 2.75) is 131 Å². The Balaban J connectivity index is 0.714. The first-order valence-corrected chi connectivity index (χ1v) is 40.0. The van der Waals surface area contributed by atoms with Gasteiger partial charge in [0.05, 0.1) is 71.8 Å². The number of thiazole rings is 1. The summed E-state index contributed by atoms with van der Waals surface area (Å²) in [5.74, 6) is -2.29. The standard InChI is InChI=1S/C75H95ClF3N9O12S4/c1-50(52-14-16-54(17-15-52)68-51(2)80-49-102-68)81-71(92)65-42-60(89)46-88(65)72(93)69(73(3,4)5)83-67(90)47-100-41-40-99-39-38-98-37-36-85(8)31-29-58(48-101-61-12-10-9-11-13-61)82-64-27-26-62(43-66(64)103(94,95)75(77,78)79)104(96,97)84-70(91)55-20-24-59(25-21-55)87-34-32-86(33-35-87)45-56-44-74(6,7)30-28-63(56)53-18-22-57(76)23-19-53/h9-27,43,49-50,58,60,65,69,82,89H,28-42,44-48H2,1-8H3,(H,81,92)(H,83,90)(H,84,91). The van der Waals surface area contributed by atoms with Crippen molar-refractivity contribution in [3.05, 3.63) is 160 Å². The van der Waals surface area contributed by atoms with Crippen molar-refractivity contribution in [1.29, 1.82) is 0 Å². The van der Waals surface area contributed by atoms with Gasteiger partial charge >= 0.3 is 5.51 Å². The SMILES string of the molecule is Cc1ncsc1-c1ccc(C(C)NC(=O)C2CC(O)CN2C(=O)C(NC(=O)COCCOCCOCCN(C)CCC(CSc2ccccc2)Nc2ccc(S(=O)(=O)NC(=O)c3ccc(N4CCN(CC5=C(c6ccc(Cl)cc6)CCC(C)(C)C5)CC4)cc3)cc2S(=O)(=O)C(F)(F)F)C(C)(C)C)cc1. The number of carbonyl (C=O) groups excluding carboxylic acids is 4. The zero-order valence-corrected chi connectivity index (χ0v) is 64.0. The molecule has 4 amide bonds. The fourth-order valence-corrected chi connectivity index (χ4v) is 16.8. The van der Waals surface area contributed by atoms with Crippen LogP contribution in [0.4, 0.5) is 24.5 Å². The number of anilines is 2. The van der Waals surface area contributed by atoms with E-state index in [1.54, 1.807) is 49.8 Å². The fourth-order valence-electron chi connectivity index (χ4n) is 12.9. The van der Waals surface area contributed by atoms with Crippen molar-refractivity contribution in [3.63, 3.8) is 0 Å². The molecule has 5 N–H and O–H groups in total. The molecule has 2 fully saturated rings. The number of aryl methyl sites for hydroxylation is 1. The number of amides is 4. The van der Waals surface area contributed by atoms with E-state index in [1.807, 2.05) is 97.2 Å². The lowest BCUT2D eigenvalue weighted by molar-refractivity contribution is -0.144. The lowest BCUT2D eigenvalue weighted by Crippen LogP contribution is -2.58. The van der Waals surface area contributed by atoms with Crippen molar-refractivity contribution >= 4 is 95.1 Å². The lowest BCUT2D eigenvalue weighted by Gasteiger charge is -2.39. The summed E-state index contributed by atoms with van der Waals surface area (Å²) in [5, 5.41) is 20.2. The summed E-state index contributed by atoms with van der Waals surface area (Å²) in [5.41, 5.74) is 2.47. The Morgan fingerprint density at radius 1 is 0.827 bits per heavy atom. The number of alkyl halides is 3. The zero-order valence-electron chi connectivity index (χ0n) is 60.0. The van der Waals surface area contributed by atoms with Gasteiger partial charge in [0.2, 0.25) is 17.7 Å². The summed E-state index contributed by atoms with van der Waals surface area (Å²) in [7, 11) is -9.29. The van der Waals surface area contributed by atoms with Gasteiger partial charge in [-0.2, -0.15) is 13.2 Å². The van der Waals surface area contributed by atoms with Crippen molar-refractivity contribution in [1.82, 2.24) is 35.0 Å². The summed E-state index contributed by atoms with van der Waals surface area (Å²) < 4.78 is 117. The van der Waals surface area contributed by atoms with Crippen LogP contribution < -0.4 is 25.6 Å². The van der Waals surface area contributed by atoms with Crippen LogP contribution in [0.2, 0.25) is 5.02 Å². The summed E-state index contributed by atoms with van der Waals surface area (Å²) in [4.78, 5) is 66.6. The van der Waals surface area contributed by atoms with Gasteiger partial charge in [-0.25, -0.2) is 26.5 Å². The van der Waals surface area contributed by atoms with Crippen LogP contribution in [0.1, 0.15) is 107 Å². The molecular formula is C75H95ClF3N9O12S4. The number of likely N-dealkylation sites (tertiary alicyclic amines) is 1. The molecule has 3 heterocycles. The second-order valence-corrected chi connectivity index (χ2v) is 34.5. The van der Waals surface area contributed by atoms with Crippen LogP contribution in [0.3, 0.4) is 0 Å². The number of sulfone groups is 1. The predicted molar refractivity (Wildman–Crippen MR) is 401 cm³/mol. The molecule has 564 valence electrons. The van der Waals surface area contributed by atoms with E-state index >= 15 is 0 Å². The Morgan fingerprint density at radius 3 is 2.12 bits per heavy atom. The maximum Gasteiger partial charge on any atom is 0.501 e. The monoisotopic (exact) mass is 1530 g/mol. The second kappa shape index (κ2) is 36.1. The van der Waals surface area contributed by atoms with Gasteiger partial charge in [-0.05, 0) is 153 Å². The number of rotatable bonds is 33. The van der Waals surface area contributed by atoms with Gasteiger partial charge in [-0.3, -0.25) is 24.1 Å². The Bertz CT molecular complexity index is 4160. The molecule has 29 heteroatoms. The first kappa shape index (κ1) is 81.1. The Hall–Kier alpha value is -6.96. The molecule has 0 radical (unpaired) electrons. The number of carbonyl (C=O) groups is 4. The summed E-state index contributed by atoms with van der Waals surface area (Å²) in [6, 6.07) is 30.6. The number of allylic oxidation sites excluding steroid dienone is 1. The van der Waals surface area contributed by atoms with Crippen LogP contribution in [0.5, 0.6) is 0 Å². The third kappa shape index (κ3) is 22.3. The quantitative estimate of drug-likeness (QED) is 0.0189. The molecule has 21 nitrogen and oxygen atoms in total. The number of aliphatic hydroxyl groups excluding tert-OH is 1. The third-order valence-corrected chi connectivity index (χ3v) is 24.1. The van der Waals surface area contributed by atoms with Gasteiger partial charge < -0.3 is 50.0 Å². The van der Waals surface area contributed by atoms with E-state index in [0.29, 0.717) is 37.3 Å². The minimum absolute atomic E-state index is 0.0364. The van der Waals surface area contributed by atoms with Crippen molar-refractivity contribution in [2.75, 3.05) is 115 Å². The largest absolute Gasteiger partial charge is 0.501 e. The molecule has 5 aromatic carbocycles. The van der Waals surface area contributed by atoms with Crippen LogP contribution in [0.25, 0.3) is 16.0 Å². The summed E-state index contributed by atoms with van der Waals surface area (Å²) in [6.07, 6.45) is 2.47. The van der Waals surface area contributed by atoms with Gasteiger partial charge in [0.25, 0.3) is 25.8 Å². The zero-order chi connectivity index (χ0) is 75.2. The average molecular weight is 1540 g/mol. The third-order valence-electron chi connectivity index (χ3n) is 18.8. The molecule has 2 saturated heterocycles. The number of ether oxygens (including phenoxy) is 3. The number of aromatic nitrogens is 1. The summed E-state index contributed by atoms with van der Waals surface area (Å²) in [6.45, 7) is 18.7. The average Bonchev–Trinajstić information content (AvgIpc) is 0.949. The van der Waals surface area contributed by atoms with Crippen LogP contribution in [0.15, 0.2) is 147 Å². The highest BCUT2D eigenvalue weighted by Crippen LogP contribution is 2.44. The maximum atomic E-state index is 14.5. The Morgan fingerprint density at radius 2 is 1.48 bits per heavy atom. The lowest BCUT2D eigenvalue weighted by atomic mass is 9.73. The Kier molecular flexibility index (Phi) is 28.2. The fraction of sp³-hybridized carbons (Fsp3) is 0.480. The molecule has 1 aromatic heterocycles. The van der Waals surface area contributed by atoms with Crippen LogP contribution in [-0.4, -0.2) is 200 Å². The van der Waals surface area contributed by atoms with Gasteiger partial charge in [0, 0.05) is 85.2 Å². The van der Waals surface area contributed by atoms with E-state index in [2.05, 4.69) is 56.7 Å². The number of likely N-dealkylation sites (N-methyl/N-ethyl adjacent to an activating group) is 1. The van der Waals surface area contributed by atoms with Crippen molar-refractivity contribution in [2.24, 2.45) is 10.8 Å². The van der Waals surface area contributed by atoms with Gasteiger partial charge in [0.1, 0.15) is 23.6 Å². The van der Waals surface area contributed by atoms with E-state index in [0.717, 1.165) is 83.3 Å². The maximum absolute atomic E-state index is 14.5. The molecule has 104 heavy (non-hydrogen) atoms. The number of benzene rings is 5. The van der Waals surface area contributed by atoms with E-state index in [4.69, 9.17) is 25.8 Å². The molecule has 6 aromatic rings. The number of thioether (sulfide) groups is 1. The minimum Gasteiger partial charge on any atom is -0.391 e. The number of piperazine rings is 1. The first-order valence-electron chi connectivity index (χ1n) is 34.8. The van der Waals surface area contributed by atoms with E-state index in [9.17, 15) is 54.3 Å². The van der Waals surface area contributed by atoms with Gasteiger partial charge in [0.15, 0.2) is 0 Å².